The SMILES string of the molecule is O[Si](O)(O)O.[Co].[Fe].[H-].[H-].[Mg+2]. The normalized spacial score (nSPS) is 7.50. The van der Waals surface area contributed by atoms with Crippen LogP contribution in [0.2, 0.25) is 0 Å². The van der Waals surface area contributed by atoms with E-state index < -0.39 is 9.05 Å². The Balaban J connectivity index is -0.00000000800. The molecule has 53 valence electrons. The van der Waals surface area contributed by atoms with Crippen LogP contribution in [0.4, 0.5) is 0 Å². The second-order valence-corrected chi connectivity index (χ2v) is 1.80. The topological polar surface area (TPSA) is 80.9 Å². The van der Waals surface area contributed by atoms with Crippen molar-refractivity contribution in [1.29, 1.82) is 0 Å². The summed E-state index contributed by atoms with van der Waals surface area (Å²) in [7, 11) is -4.61. The van der Waals surface area contributed by atoms with Crippen LogP contribution in [0.25, 0.3) is 0 Å². The Hall–Kier alpha value is 1.85. The van der Waals surface area contributed by atoms with E-state index in [1.165, 1.54) is 0 Å². The van der Waals surface area contributed by atoms with Gasteiger partial charge in [-0.1, -0.05) is 0 Å². The summed E-state index contributed by atoms with van der Waals surface area (Å²) in [4.78, 5) is 29.3. The van der Waals surface area contributed by atoms with Crippen molar-refractivity contribution in [3.8, 4) is 0 Å². The monoisotopic (exact) mass is 237 g/mol. The zero-order chi connectivity index (χ0) is 4.50. The van der Waals surface area contributed by atoms with E-state index in [2.05, 4.69) is 0 Å². The maximum atomic E-state index is 7.33. The molecule has 8 heavy (non-hydrogen) atoms. The van der Waals surface area contributed by atoms with E-state index in [-0.39, 0.29) is 59.8 Å². The second-order valence-electron chi connectivity index (χ2n) is 0.600. The Bertz CT molecular complexity index is 38.7. The molecule has 0 fully saturated rings. The molecule has 4 N–H and O–H groups in total. The smallest absolute Gasteiger partial charge is 1.00 e. The average Bonchev–Trinajstić information content (AvgIpc) is 0.722. The van der Waals surface area contributed by atoms with Gasteiger partial charge < -0.3 is 22.0 Å². The predicted molar refractivity (Wildman–Crippen MR) is 22.6 cm³/mol. The fourth-order valence-electron chi connectivity index (χ4n) is 0. The van der Waals surface area contributed by atoms with E-state index in [1.54, 1.807) is 0 Å². The molecule has 8 heteroatoms. The molecule has 0 unspecified atom stereocenters. The van der Waals surface area contributed by atoms with Crippen LogP contribution in [-0.2, 0) is 33.8 Å². The number of hydrogen-bond acceptors (Lipinski definition) is 4. The third-order valence-electron chi connectivity index (χ3n) is 0. The van der Waals surface area contributed by atoms with Crippen molar-refractivity contribution in [2.45, 2.75) is 0 Å². The van der Waals surface area contributed by atoms with Gasteiger partial charge in [-0.15, -0.1) is 0 Å². The molecule has 0 bridgehead atoms. The zero-order valence-electron chi connectivity index (χ0n) is 5.68. The van der Waals surface area contributed by atoms with Crippen molar-refractivity contribution >= 4 is 32.1 Å². The molecule has 4 nitrogen and oxygen atoms in total. The molecule has 0 atom stereocenters. The van der Waals surface area contributed by atoms with Crippen LogP contribution in [0.15, 0.2) is 0 Å². The van der Waals surface area contributed by atoms with Crippen molar-refractivity contribution in [3.63, 3.8) is 0 Å². The molecule has 0 aliphatic heterocycles. The summed E-state index contributed by atoms with van der Waals surface area (Å²) < 4.78 is 0. The van der Waals surface area contributed by atoms with E-state index >= 15 is 0 Å². The van der Waals surface area contributed by atoms with Crippen LogP contribution in [0.5, 0.6) is 0 Å². The Morgan fingerprint density at radius 1 is 1.00 bits per heavy atom. The average molecular weight is 237 g/mol. The molecule has 1 radical (unpaired) electrons. The summed E-state index contributed by atoms with van der Waals surface area (Å²) in [6.07, 6.45) is 0. The first-order chi connectivity index (χ1) is 2.00. The van der Waals surface area contributed by atoms with E-state index in [9.17, 15) is 0 Å². The Labute approximate surface area is 87.6 Å². The summed E-state index contributed by atoms with van der Waals surface area (Å²) in [6, 6.07) is 0. The molecular weight excluding hydrogens is 231 g/mol. The predicted octanol–water partition coefficient (Wildman–Crippen LogP) is -2.77. The Kier molecular flexibility index (Phi) is 24.9. The fraction of sp³-hybridized carbons (Fsp3) is 0. The van der Waals surface area contributed by atoms with Crippen molar-refractivity contribution in [1.82, 2.24) is 0 Å². The maximum Gasteiger partial charge on any atom is 2.00 e. The number of rotatable bonds is 0. The van der Waals surface area contributed by atoms with Gasteiger partial charge in [0.1, 0.15) is 0 Å². The van der Waals surface area contributed by atoms with Gasteiger partial charge in [-0.3, -0.25) is 0 Å². The van der Waals surface area contributed by atoms with Crippen molar-refractivity contribution in [3.05, 3.63) is 0 Å². The molecule has 0 saturated heterocycles. The summed E-state index contributed by atoms with van der Waals surface area (Å²) in [6.45, 7) is 0. The van der Waals surface area contributed by atoms with Crippen molar-refractivity contribution in [2.24, 2.45) is 0 Å². The first-order valence-corrected chi connectivity index (χ1v) is 2.68. The minimum absolute atomic E-state index is 0. The quantitative estimate of drug-likeness (QED) is 0.344. The van der Waals surface area contributed by atoms with Crippen LogP contribution in [0, 0.1) is 0 Å². The summed E-state index contributed by atoms with van der Waals surface area (Å²) in [5, 5.41) is 0. The summed E-state index contributed by atoms with van der Waals surface area (Å²) in [5.41, 5.74) is 0. The first kappa shape index (κ1) is 22.5. The van der Waals surface area contributed by atoms with Gasteiger partial charge in [-0.2, -0.15) is 0 Å². The maximum absolute atomic E-state index is 7.33. The Morgan fingerprint density at radius 3 is 1.00 bits per heavy atom. The molecule has 0 amide bonds. The van der Waals surface area contributed by atoms with Gasteiger partial charge in [-0.25, -0.2) is 0 Å². The molecule has 0 aromatic rings. The minimum atomic E-state index is -4.61. The van der Waals surface area contributed by atoms with Crippen LogP contribution in [-0.4, -0.2) is 51.3 Å². The molecular formula is H6CoFeMgO4Si. The van der Waals surface area contributed by atoms with Gasteiger partial charge in [-0.05, 0) is 0 Å². The molecule has 0 aromatic heterocycles. The second kappa shape index (κ2) is 8.85. The van der Waals surface area contributed by atoms with E-state index in [0.717, 1.165) is 0 Å². The molecule has 0 rings (SSSR count). The Morgan fingerprint density at radius 2 is 1.00 bits per heavy atom. The van der Waals surface area contributed by atoms with Gasteiger partial charge in [0.05, 0.1) is 0 Å². The summed E-state index contributed by atoms with van der Waals surface area (Å²) >= 11 is 0. The minimum Gasteiger partial charge on any atom is -1.00 e. The molecule has 0 aromatic carbocycles. The fourth-order valence-corrected chi connectivity index (χ4v) is 0. The third kappa shape index (κ3) is 108. The molecule has 0 aliphatic rings. The molecule has 0 aliphatic carbocycles. The van der Waals surface area contributed by atoms with Gasteiger partial charge >= 0.3 is 32.1 Å². The van der Waals surface area contributed by atoms with Crippen LogP contribution in [0.1, 0.15) is 2.85 Å². The number of hydrogen-bond donors (Lipinski definition) is 4. The standard InChI is InChI=1S/Co.Fe.Mg.H4O4Si.2H/c;;;1-5(2,3)4;;/h;;;1-4H;;/q;;+2;;2*-1. The van der Waals surface area contributed by atoms with Crippen LogP contribution >= 0.6 is 0 Å². The summed E-state index contributed by atoms with van der Waals surface area (Å²) in [5.74, 6) is 0. The van der Waals surface area contributed by atoms with E-state index in [0.29, 0.717) is 0 Å². The molecule has 0 saturated carbocycles. The van der Waals surface area contributed by atoms with Crippen LogP contribution < -0.4 is 0 Å². The zero-order valence-corrected chi connectivity index (χ0v) is 8.24. The van der Waals surface area contributed by atoms with Gasteiger partial charge in [0.2, 0.25) is 0 Å². The van der Waals surface area contributed by atoms with Gasteiger partial charge in [0, 0.05) is 33.8 Å². The van der Waals surface area contributed by atoms with E-state index in [4.69, 9.17) is 19.2 Å². The first-order valence-electron chi connectivity index (χ1n) is 0.894. The van der Waals surface area contributed by atoms with Crippen molar-refractivity contribution in [2.75, 3.05) is 0 Å². The molecule has 0 heterocycles. The van der Waals surface area contributed by atoms with Crippen molar-refractivity contribution < 1.29 is 55.9 Å². The van der Waals surface area contributed by atoms with Gasteiger partial charge in [0.25, 0.3) is 0 Å². The molecule has 0 spiro atoms. The third-order valence-corrected chi connectivity index (χ3v) is 0. The van der Waals surface area contributed by atoms with Gasteiger partial charge in [0.15, 0.2) is 0 Å². The van der Waals surface area contributed by atoms with E-state index in [1.807, 2.05) is 0 Å². The largest absolute Gasteiger partial charge is 2.00 e. The van der Waals surface area contributed by atoms with Crippen LogP contribution in [0.3, 0.4) is 0 Å².